The SMILES string of the molecule is O=C1CCCN1C1CO1. The molecule has 1 atom stereocenters. The van der Waals surface area contributed by atoms with Gasteiger partial charge >= 0.3 is 0 Å². The molecule has 3 nitrogen and oxygen atoms in total. The van der Waals surface area contributed by atoms with E-state index in [2.05, 4.69) is 0 Å². The quantitative estimate of drug-likeness (QED) is 0.463. The highest BCUT2D eigenvalue weighted by molar-refractivity contribution is 5.78. The van der Waals surface area contributed by atoms with Crippen LogP contribution in [-0.4, -0.2) is 30.2 Å². The second-order valence-electron chi connectivity index (χ2n) is 2.48. The van der Waals surface area contributed by atoms with Crippen LogP contribution in [0.4, 0.5) is 0 Å². The Hall–Kier alpha value is -0.570. The van der Waals surface area contributed by atoms with Crippen LogP contribution in [0.25, 0.3) is 0 Å². The number of ether oxygens (including phenoxy) is 1. The smallest absolute Gasteiger partial charge is 0.224 e. The molecule has 2 aliphatic heterocycles. The number of nitrogens with zero attached hydrogens (tertiary/aromatic N) is 1. The number of rotatable bonds is 1. The Morgan fingerprint density at radius 1 is 1.67 bits per heavy atom. The molecule has 2 rings (SSSR count). The van der Waals surface area contributed by atoms with Crippen LogP contribution in [0.1, 0.15) is 12.8 Å². The highest BCUT2D eigenvalue weighted by Crippen LogP contribution is 2.21. The predicted octanol–water partition coefficient (Wildman–Crippen LogP) is -0.0349. The van der Waals surface area contributed by atoms with Crippen LogP contribution < -0.4 is 0 Å². The van der Waals surface area contributed by atoms with Crippen LogP contribution in [-0.2, 0) is 9.53 Å². The van der Waals surface area contributed by atoms with Gasteiger partial charge in [0.15, 0.2) is 6.23 Å². The van der Waals surface area contributed by atoms with Gasteiger partial charge in [0.2, 0.25) is 5.91 Å². The predicted molar refractivity (Wildman–Crippen MR) is 30.7 cm³/mol. The molecular weight excluding hydrogens is 118 g/mol. The molecule has 0 aromatic carbocycles. The van der Waals surface area contributed by atoms with Gasteiger partial charge in [0.1, 0.15) is 0 Å². The summed E-state index contributed by atoms with van der Waals surface area (Å²) in [4.78, 5) is 12.7. The number of amides is 1. The van der Waals surface area contributed by atoms with E-state index in [1.807, 2.05) is 4.90 Å². The van der Waals surface area contributed by atoms with Crippen molar-refractivity contribution < 1.29 is 9.53 Å². The first-order chi connectivity index (χ1) is 4.38. The number of carbonyl (C=O) groups excluding carboxylic acids is 1. The lowest BCUT2D eigenvalue weighted by Crippen LogP contribution is -2.27. The molecule has 0 radical (unpaired) electrons. The summed E-state index contributed by atoms with van der Waals surface area (Å²) >= 11 is 0. The van der Waals surface area contributed by atoms with Crippen LogP contribution in [0.15, 0.2) is 0 Å². The summed E-state index contributed by atoms with van der Waals surface area (Å²) in [7, 11) is 0. The van der Waals surface area contributed by atoms with Gasteiger partial charge in [-0.1, -0.05) is 0 Å². The van der Waals surface area contributed by atoms with Crippen LogP contribution in [0.3, 0.4) is 0 Å². The lowest BCUT2D eigenvalue weighted by atomic mass is 10.4. The molecule has 1 amide bonds. The average Bonchev–Trinajstić information content (AvgIpc) is 2.58. The van der Waals surface area contributed by atoms with E-state index in [9.17, 15) is 4.79 Å². The third kappa shape index (κ3) is 0.812. The van der Waals surface area contributed by atoms with Gasteiger partial charge in [-0.25, -0.2) is 0 Å². The van der Waals surface area contributed by atoms with Crippen molar-refractivity contribution >= 4 is 5.91 Å². The minimum absolute atomic E-state index is 0.153. The van der Waals surface area contributed by atoms with E-state index >= 15 is 0 Å². The largest absolute Gasteiger partial charge is 0.351 e. The second-order valence-corrected chi connectivity index (χ2v) is 2.48. The van der Waals surface area contributed by atoms with Gasteiger partial charge < -0.3 is 9.64 Å². The number of epoxide rings is 1. The van der Waals surface area contributed by atoms with Gasteiger partial charge in [-0.2, -0.15) is 0 Å². The van der Waals surface area contributed by atoms with Crippen LogP contribution in [0, 0.1) is 0 Å². The number of hydrogen-bond donors (Lipinski definition) is 0. The molecule has 2 heterocycles. The summed E-state index contributed by atoms with van der Waals surface area (Å²) in [6, 6.07) is 0. The van der Waals surface area contributed by atoms with E-state index in [0.29, 0.717) is 0 Å². The summed E-state index contributed by atoms with van der Waals surface area (Å²) in [6.45, 7) is 1.66. The highest BCUT2D eigenvalue weighted by Gasteiger charge is 2.36. The van der Waals surface area contributed by atoms with Gasteiger partial charge in [-0.05, 0) is 6.42 Å². The maximum Gasteiger partial charge on any atom is 0.224 e. The average molecular weight is 127 g/mol. The third-order valence-corrected chi connectivity index (χ3v) is 1.77. The van der Waals surface area contributed by atoms with E-state index in [1.165, 1.54) is 0 Å². The Labute approximate surface area is 53.6 Å². The van der Waals surface area contributed by atoms with Crippen LogP contribution in [0.2, 0.25) is 0 Å². The number of carbonyl (C=O) groups is 1. The Bertz CT molecular complexity index is 142. The Kier molecular flexibility index (Phi) is 0.990. The third-order valence-electron chi connectivity index (χ3n) is 1.77. The maximum absolute atomic E-state index is 10.9. The van der Waals surface area contributed by atoms with Crippen LogP contribution in [0.5, 0.6) is 0 Å². The first kappa shape index (κ1) is 5.23. The Morgan fingerprint density at radius 2 is 2.44 bits per heavy atom. The highest BCUT2D eigenvalue weighted by atomic mass is 16.6. The zero-order valence-electron chi connectivity index (χ0n) is 5.17. The van der Waals surface area contributed by atoms with Crippen molar-refractivity contribution in [2.75, 3.05) is 13.2 Å². The summed E-state index contributed by atoms with van der Waals surface area (Å²) in [5, 5.41) is 0. The molecule has 9 heavy (non-hydrogen) atoms. The molecule has 0 saturated carbocycles. The molecule has 2 fully saturated rings. The summed E-state index contributed by atoms with van der Waals surface area (Å²) in [6.07, 6.45) is 1.89. The fourth-order valence-electron chi connectivity index (χ4n) is 1.20. The molecule has 0 aromatic heterocycles. The minimum Gasteiger partial charge on any atom is -0.351 e. The molecule has 1 unspecified atom stereocenters. The van der Waals surface area contributed by atoms with Crippen molar-refractivity contribution in [1.29, 1.82) is 0 Å². The van der Waals surface area contributed by atoms with E-state index in [4.69, 9.17) is 4.74 Å². The van der Waals surface area contributed by atoms with Gasteiger partial charge in [0.25, 0.3) is 0 Å². The van der Waals surface area contributed by atoms with E-state index in [0.717, 1.165) is 26.0 Å². The van der Waals surface area contributed by atoms with E-state index in [1.54, 1.807) is 0 Å². The van der Waals surface area contributed by atoms with Crippen molar-refractivity contribution in [3.8, 4) is 0 Å². The Balaban J connectivity index is 2.01. The van der Waals surface area contributed by atoms with Crippen molar-refractivity contribution in [3.63, 3.8) is 0 Å². The molecule has 3 heteroatoms. The first-order valence-corrected chi connectivity index (χ1v) is 3.29. The molecule has 50 valence electrons. The lowest BCUT2D eigenvalue weighted by Gasteiger charge is -2.09. The molecule has 2 saturated heterocycles. The molecule has 0 aromatic rings. The Morgan fingerprint density at radius 3 is 2.89 bits per heavy atom. The summed E-state index contributed by atoms with van der Waals surface area (Å²) < 4.78 is 4.97. The molecule has 2 aliphatic rings. The van der Waals surface area contributed by atoms with E-state index < -0.39 is 0 Å². The van der Waals surface area contributed by atoms with Gasteiger partial charge in [0, 0.05) is 13.0 Å². The van der Waals surface area contributed by atoms with Gasteiger partial charge in [-0.3, -0.25) is 4.79 Å². The topological polar surface area (TPSA) is 32.8 Å². The van der Waals surface area contributed by atoms with Gasteiger partial charge in [-0.15, -0.1) is 0 Å². The fraction of sp³-hybridized carbons (Fsp3) is 0.833. The number of hydrogen-bond acceptors (Lipinski definition) is 2. The minimum atomic E-state index is 0.153. The molecule has 0 N–H and O–H groups in total. The second kappa shape index (κ2) is 1.70. The van der Waals surface area contributed by atoms with Crippen molar-refractivity contribution in [2.45, 2.75) is 19.1 Å². The van der Waals surface area contributed by atoms with Crippen molar-refractivity contribution in [2.24, 2.45) is 0 Å². The maximum atomic E-state index is 10.9. The van der Waals surface area contributed by atoms with Crippen molar-refractivity contribution in [1.82, 2.24) is 4.90 Å². The molecular formula is C6H9NO2. The normalized spacial score (nSPS) is 33.6. The fourth-order valence-corrected chi connectivity index (χ4v) is 1.20. The zero-order valence-corrected chi connectivity index (χ0v) is 5.17. The molecule has 0 spiro atoms. The summed E-state index contributed by atoms with van der Waals surface area (Å²) in [5.74, 6) is 0.262. The summed E-state index contributed by atoms with van der Waals surface area (Å²) in [5.41, 5.74) is 0. The van der Waals surface area contributed by atoms with Crippen LogP contribution >= 0.6 is 0 Å². The molecule has 0 bridgehead atoms. The lowest BCUT2D eigenvalue weighted by molar-refractivity contribution is -0.129. The van der Waals surface area contributed by atoms with Crippen molar-refractivity contribution in [3.05, 3.63) is 0 Å². The van der Waals surface area contributed by atoms with Gasteiger partial charge in [0.05, 0.1) is 6.61 Å². The monoisotopic (exact) mass is 127 g/mol. The van der Waals surface area contributed by atoms with E-state index in [-0.39, 0.29) is 12.1 Å². The number of likely N-dealkylation sites (tertiary alicyclic amines) is 1. The zero-order chi connectivity index (χ0) is 6.27. The first-order valence-electron chi connectivity index (χ1n) is 3.29. The standard InChI is InChI=1S/C6H9NO2/c8-5-2-1-3-7(5)6-4-9-6/h6H,1-4H2. The molecule has 0 aliphatic carbocycles.